The van der Waals surface area contributed by atoms with E-state index in [0.717, 1.165) is 89.8 Å². The highest BCUT2D eigenvalue weighted by Crippen LogP contribution is 2.11. The Bertz CT molecular complexity index is 671. The summed E-state index contributed by atoms with van der Waals surface area (Å²) < 4.78 is 2.20. The predicted molar refractivity (Wildman–Crippen MR) is 121 cm³/mol. The van der Waals surface area contributed by atoms with E-state index in [1.54, 1.807) is 0 Å². The average Bonchev–Trinajstić information content (AvgIpc) is 2.99. The Kier molecular flexibility index (Phi) is 8.99. The third-order valence-corrected chi connectivity index (χ3v) is 6.23. The normalized spacial score (nSPS) is 19.1. The lowest BCUT2D eigenvalue weighted by Gasteiger charge is -2.37. The number of likely N-dealkylation sites (tertiary alicyclic amines) is 1. The molecule has 0 aromatic carbocycles. The number of nitrogens with one attached hydrogen (secondary N) is 1. The Hall–Kier alpha value is -2.09. The van der Waals surface area contributed by atoms with Crippen LogP contribution in [0.15, 0.2) is 17.4 Å². The second kappa shape index (κ2) is 11.9. The first-order chi connectivity index (χ1) is 14.7. The van der Waals surface area contributed by atoms with Crippen molar-refractivity contribution < 1.29 is 4.79 Å². The molecule has 2 saturated heterocycles. The molecular formula is C22H39N7O. The summed E-state index contributed by atoms with van der Waals surface area (Å²) in [6, 6.07) is 0. The van der Waals surface area contributed by atoms with E-state index in [1.807, 2.05) is 26.4 Å². The predicted octanol–water partition coefficient (Wildman–Crippen LogP) is 1.57. The number of aryl methyl sites for hydroxylation is 2. The van der Waals surface area contributed by atoms with Crippen molar-refractivity contribution in [3.05, 3.63) is 18.2 Å². The number of aromatic nitrogens is 2. The Morgan fingerprint density at radius 3 is 2.40 bits per heavy atom. The van der Waals surface area contributed by atoms with Crippen molar-refractivity contribution >= 4 is 11.9 Å². The summed E-state index contributed by atoms with van der Waals surface area (Å²) in [5.74, 6) is 2.36. The maximum Gasteiger partial charge on any atom is 0.236 e. The molecule has 2 fully saturated rings. The molecule has 0 atom stereocenters. The first-order valence-corrected chi connectivity index (χ1v) is 11.6. The molecule has 8 heteroatoms. The molecular weight excluding hydrogens is 378 g/mol. The van der Waals surface area contributed by atoms with Gasteiger partial charge in [0.05, 0.1) is 6.54 Å². The number of imidazole rings is 1. The van der Waals surface area contributed by atoms with Crippen LogP contribution in [0.5, 0.6) is 0 Å². The Labute approximate surface area is 181 Å². The average molecular weight is 418 g/mol. The minimum absolute atomic E-state index is 0.306. The molecule has 0 radical (unpaired) electrons. The summed E-state index contributed by atoms with van der Waals surface area (Å²) in [6.45, 7) is 10.1. The molecule has 0 bridgehead atoms. The van der Waals surface area contributed by atoms with Crippen LogP contribution in [0, 0.1) is 6.92 Å². The van der Waals surface area contributed by atoms with Crippen molar-refractivity contribution in [1.29, 1.82) is 0 Å². The third-order valence-electron chi connectivity index (χ3n) is 6.23. The van der Waals surface area contributed by atoms with Gasteiger partial charge in [0.25, 0.3) is 0 Å². The third kappa shape index (κ3) is 6.72. The molecule has 3 rings (SSSR count). The molecule has 1 N–H and O–H groups in total. The van der Waals surface area contributed by atoms with Gasteiger partial charge in [-0.3, -0.25) is 14.7 Å². The molecule has 2 aliphatic heterocycles. The lowest BCUT2D eigenvalue weighted by molar-refractivity contribution is -0.132. The molecule has 30 heavy (non-hydrogen) atoms. The quantitative estimate of drug-likeness (QED) is 0.414. The van der Waals surface area contributed by atoms with Crippen LogP contribution < -0.4 is 5.32 Å². The molecule has 168 valence electrons. The van der Waals surface area contributed by atoms with E-state index in [9.17, 15) is 4.79 Å². The fraction of sp³-hybridized carbons (Fsp3) is 0.773. The zero-order chi connectivity index (χ0) is 21.2. The van der Waals surface area contributed by atoms with Crippen molar-refractivity contribution in [2.45, 2.75) is 52.0 Å². The van der Waals surface area contributed by atoms with E-state index in [2.05, 4.69) is 34.6 Å². The number of aliphatic imine (C=N–C) groups is 1. The van der Waals surface area contributed by atoms with E-state index >= 15 is 0 Å². The van der Waals surface area contributed by atoms with Crippen LogP contribution in [0.1, 0.15) is 44.3 Å². The molecule has 1 aromatic rings. The van der Waals surface area contributed by atoms with Crippen LogP contribution in [-0.2, 0) is 11.3 Å². The minimum Gasteiger partial charge on any atom is -0.356 e. The Morgan fingerprint density at radius 2 is 1.77 bits per heavy atom. The largest absolute Gasteiger partial charge is 0.356 e. The number of carbonyl (C=O) groups excluding carboxylic acids is 1. The van der Waals surface area contributed by atoms with Crippen molar-refractivity contribution in [2.75, 3.05) is 59.4 Å². The molecule has 0 unspecified atom stereocenters. The lowest BCUT2D eigenvalue weighted by Crippen LogP contribution is -2.54. The summed E-state index contributed by atoms with van der Waals surface area (Å²) >= 11 is 0. The number of guanidine groups is 1. The molecule has 2 aliphatic rings. The molecule has 1 aromatic heterocycles. The highest BCUT2D eigenvalue weighted by Gasteiger charge is 2.23. The number of amides is 1. The van der Waals surface area contributed by atoms with Crippen molar-refractivity contribution in [3.63, 3.8) is 0 Å². The lowest BCUT2D eigenvalue weighted by atomic mass is 10.2. The van der Waals surface area contributed by atoms with Gasteiger partial charge in [-0.15, -0.1) is 0 Å². The number of carbonyl (C=O) groups is 1. The Morgan fingerprint density at radius 1 is 1.03 bits per heavy atom. The number of hydrogen-bond donors (Lipinski definition) is 1. The molecule has 0 saturated carbocycles. The highest BCUT2D eigenvalue weighted by molar-refractivity contribution is 5.80. The van der Waals surface area contributed by atoms with E-state index in [-0.39, 0.29) is 0 Å². The van der Waals surface area contributed by atoms with E-state index in [4.69, 9.17) is 0 Å². The number of rotatable bonds is 7. The summed E-state index contributed by atoms with van der Waals surface area (Å²) in [6.07, 6.45) is 11.0. The number of hydrogen-bond acceptors (Lipinski definition) is 4. The molecule has 3 heterocycles. The first-order valence-electron chi connectivity index (χ1n) is 11.6. The maximum absolute atomic E-state index is 12.6. The van der Waals surface area contributed by atoms with E-state index < -0.39 is 0 Å². The van der Waals surface area contributed by atoms with E-state index in [0.29, 0.717) is 12.5 Å². The molecule has 8 nitrogen and oxygen atoms in total. The fourth-order valence-electron chi connectivity index (χ4n) is 4.31. The summed E-state index contributed by atoms with van der Waals surface area (Å²) in [5.41, 5.74) is 0. The van der Waals surface area contributed by atoms with Crippen molar-refractivity contribution in [2.24, 2.45) is 4.99 Å². The van der Waals surface area contributed by atoms with Crippen molar-refractivity contribution in [3.8, 4) is 0 Å². The van der Waals surface area contributed by atoms with Gasteiger partial charge in [0.15, 0.2) is 5.96 Å². The summed E-state index contributed by atoms with van der Waals surface area (Å²) in [5, 5.41) is 3.51. The monoisotopic (exact) mass is 417 g/mol. The zero-order valence-electron chi connectivity index (χ0n) is 18.9. The van der Waals surface area contributed by atoms with Crippen molar-refractivity contribution in [1.82, 2.24) is 29.6 Å². The Balaban J connectivity index is 1.32. The smallest absolute Gasteiger partial charge is 0.236 e. The first kappa shape index (κ1) is 22.6. The zero-order valence-corrected chi connectivity index (χ0v) is 18.9. The van der Waals surface area contributed by atoms with Gasteiger partial charge in [0.2, 0.25) is 5.91 Å². The number of nitrogens with zero attached hydrogens (tertiary/aromatic N) is 6. The highest BCUT2D eigenvalue weighted by atomic mass is 16.2. The number of unbranched alkanes of at least 4 members (excludes halogenated alkanes) is 1. The van der Waals surface area contributed by atoms with Crippen LogP contribution in [0.4, 0.5) is 0 Å². The standard InChI is InChI=1S/C22H39N7O/c1-20-24-10-14-27(20)11-8-5-9-25-22(23-2)29-17-15-26(16-18-29)19-21(30)28-12-6-3-4-7-13-28/h10,14H,3-9,11-13,15-19H2,1-2H3,(H,23,25). The van der Waals surface area contributed by atoms with Gasteiger partial charge in [-0.2, -0.15) is 0 Å². The van der Waals surface area contributed by atoms with Gasteiger partial charge in [-0.05, 0) is 32.6 Å². The van der Waals surface area contributed by atoms with Gasteiger partial charge < -0.3 is 19.7 Å². The SMILES string of the molecule is CN=C(NCCCCn1ccnc1C)N1CCN(CC(=O)N2CCCCCC2)CC1. The van der Waals surface area contributed by atoms with Crippen LogP contribution in [0.2, 0.25) is 0 Å². The molecule has 1 amide bonds. The topological polar surface area (TPSA) is 69.0 Å². The number of piperazine rings is 1. The van der Waals surface area contributed by atoms with Gasteiger partial charge in [0.1, 0.15) is 5.82 Å². The van der Waals surface area contributed by atoms with Gasteiger partial charge in [0, 0.05) is 71.8 Å². The summed E-state index contributed by atoms with van der Waals surface area (Å²) in [7, 11) is 1.85. The summed E-state index contributed by atoms with van der Waals surface area (Å²) in [4.78, 5) is 28.0. The van der Waals surface area contributed by atoms with E-state index in [1.165, 1.54) is 12.8 Å². The van der Waals surface area contributed by atoms with Crippen LogP contribution in [0.3, 0.4) is 0 Å². The van der Waals surface area contributed by atoms with Crippen LogP contribution in [0.25, 0.3) is 0 Å². The van der Waals surface area contributed by atoms with Gasteiger partial charge >= 0.3 is 0 Å². The van der Waals surface area contributed by atoms with Crippen LogP contribution in [-0.4, -0.2) is 95.5 Å². The second-order valence-corrected chi connectivity index (χ2v) is 8.41. The van der Waals surface area contributed by atoms with Crippen LogP contribution >= 0.6 is 0 Å². The van der Waals surface area contributed by atoms with Gasteiger partial charge in [-0.25, -0.2) is 4.98 Å². The minimum atomic E-state index is 0.306. The molecule has 0 aliphatic carbocycles. The maximum atomic E-state index is 12.6. The van der Waals surface area contributed by atoms with Gasteiger partial charge in [-0.1, -0.05) is 12.8 Å². The molecule has 0 spiro atoms. The second-order valence-electron chi connectivity index (χ2n) is 8.41. The fourth-order valence-corrected chi connectivity index (χ4v) is 4.31.